The Morgan fingerprint density at radius 2 is 2.21 bits per heavy atom. The molecule has 1 aromatic heterocycles. The Morgan fingerprint density at radius 3 is 2.64 bits per heavy atom. The summed E-state index contributed by atoms with van der Waals surface area (Å²) in [5.41, 5.74) is 11.3. The molecule has 1 aromatic rings. The molecule has 0 aliphatic carbocycles. The lowest BCUT2D eigenvalue weighted by molar-refractivity contribution is -0.117. The van der Waals surface area contributed by atoms with Gasteiger partial charge in [-0.1, -0.05) is 0 Å². The molecule has 0 unspecified atom stereocenters. The van der Waals surface area contributed by atoms with Crippen molar-refractivity contribution in [2.24, 2.45) is 5.73 Å². The number of nitrogen functional groups attached to an aromatic ring is 1. The van der Waals surface area contributed by atoms with E-state index < -0.39 is 11.8 Å². The maximum Gasteiger partial charge on any atom is 0.274 e. The molecule has 7 nitrogen and oxygen atoms in total. The fourth-order valence-electron chi connectivity index (χ4n) is 0.862. The molecule has 0 saturated carbocycles. The SMILES string of the molecule is Cc1[nH]nc(C(=O)NCC(N)=O)c1N. The third-order valence-electron chi connectivity index (χ3n) is 1.63. The molecule has 1 heterocycles. The normalized spacial score (nSPS) is 9.79. The van der Waals surface area contributed by atoms with Crippen LogP contribution in [0.15, 0.2) is 0 Å². The quantitative estimate of drug-likeness (QED) is 0.471. The lowest BCUT2D eigenvalue weighted by Gasteiger charge is -1.99. The fraction of sp³-hybridized carbons (Fsp3) is 0.286. The van der Waals surface area contributed by atoms with Gasteiger partial charge >= 0.3 is 0 Å². The van der Waals surface area contributed by atoms with Gasteiger partial charge in [-0.3, -0.25) is 14.7 Å². The second kappa shape index (κ2) is 3.77. The highest BCUT2D eigenvalue weighted by molar-refractivity contribution is 5.99. The van der Waals surface area contributed by atoms with E-state index in [-0.39, 0.29) is 17.9 Å². The van der Waals surface area contributed by atoms with E-state index in [1.807, 2.05) is 0 Å². The Balaban J connectivity index is 2.70. The molecule has 14 heavy (non-hydrogen) atoms. The van der Waals surface area contributed by atoms with Crippen molar-refractivity contribution in [3.8, 4) is 0 Å². The van der Waals surface area contributed by atoms with Crippen LogP contribution in [-0.2, 0) is 4.79 Å². The first-order valence-corrected chi connectivity index (χ1v) is 3.89. The van der Waals surface area contributed by atoms with Crippen molar-refractivity contribution in [3.63, 3.8) is 0 Å². The van der Waals surface area contributed by atoms with Crippen molar-refractivity contribution in [2.45, 2.75) is 6.92 Å². The Labute approximate surface area is 79.8 Å². The second-order valence-electron chi connectivity index (χ2n) is 2.76. The summed E-state index contributed by atoms with van der Waals surface area (Å²) in [6.07, 6.45) is 0. The van der Waals surface area contributed by atoms with Gasteiger partial charge in [-0.15, -0.1) is 0 Å². The molecule has 0 fully saturated rings. The summed E-state index contributed by atoms with van der Waals surface area (Å²) in [7, 11) is 0. The Hall–Kier alpha value is -2.05. The zero-order valence-corrected chi connectivity index (χ0v) is 7.63. The number of H-pyrrole nitrogens is 1. The number of nitrogens with one attached hydrogen (secondary N) is 2. The number of primary amides is 1. The van der Waals surface area contributed by atoms with Gasteiger partial charge in [0.2, 0.25) is 5.91 Å². The van der Waals surface area contributed by atoms with Crippen LogP contribution in [0.5, 0.6) is 0 Å². The molecule has 1 rings (SSSR count). The summed E-state index contributed by atoms with van der Waals surface area (Å²) >= 11 is 0. The number of nitrogens with zero attached hydrogens (tertiary/aromatic N) is 1. The average molecular weight is 197 g/mol. The molecular weight excluding hydrogens is 186 g/mol. The van der Waals surface area contributed by atoms with Crippen LogP contribution in [0, 0.1) is 6.92 Å². The Bertz CT molecular complexity index is 370. The van der Waals surface area contributed by atoms with E-state index in [0.29, 0.717) is 5.69 Å². The smallest absolute Gasteiger partial charge is 0.274 e. The van der Waals surface area contributed by atoms with Crippen LogP contribution in [0.1, 0.15) is 16.2 Å². The summed E-state index contributed by atoms with van der Waals surface area (Å²) in [6.45, 7) is 1.46. The monoisotopic (exact) mass is 197 g/mol. The summed E-state index contributed by atoms with van der Waals surface area (Å²) in [4.78, 5) is 21.7. The van der Waals surface area contributed by atoms with E-state index in [1.54, 1.807) is 6.92 Å². The lowest BCUT2D eigenvalue weighted by Crippen LogP contribution is -2.33. The number of hydrogen-bond acceptors (Lipinski definition) is 4. The van der Waals surface area contributed by atoms with Gasteiger partial charge < -0.3 is 16.8 Å². The van der Waals surface area contributed by atoms with Crippen molar-refractivity contribution in [1.29, 1.82) is 0 Å². The molecule has 2 amide bonds. The highest BCUT2D eigenvalue weighted by atomic mass is 16.2. The molecule has 0 aliphatic heterocycles. The van der Waals surface area contributed by atoms with Crippen molar-refractivity contribution in [1.82, 2.24) is 15.5 Å². The van der Waals surface area contributed by atoms with Gasteiger partial charge in [0.1, 0.15) is 0 Å². The molecule has 0 aromatic carbocycles. The summed E-state index contributed by atoms with van der Waals surface area (Å²) in [5, 5.41) is 8.51. The predicted molar refractivity (Wildman–Crippen MR) is 49.3 cm³/mol. The van der Waals surface area contributed by atoms with E-state index in [2.05, 4.69) is 15.5 Å². The standard InChI is InChI=1S/C7H11N5O2/c1-3-5(9)6(12-11-3)7(14)10-2-4(8)13/h2,9H2,1H3,(H2,8,13)(H,10,14)(H,11,12). The second-order valence-corrected chi connectivity index (χ2v) is 2.76. The molecule has 0 aliphatic rings. The molecule has 0 bridgehead atoms. The molecule has 7 heteroatoms. The maximum atomic E-state index is 11.3. The minimum Gasteiger partial charge on any atom is -0.395 e. The number of carbonyl (C=O) groups excluding carboxylic acids is 2. The zero-order chi connectivity index (χ0) is 10.7. The fourth-order valence-corrected chi connectivity index (χ4v) is 0.862. The van der Waals surface area contributed by atoms with Crippen LogP contribution in [0.4, 0.5) is 5.69 Å². The number of anilines is 1. The molecule has 0 saturated heterocycles. The molecule has 76 valence electrons. The highest BCUT2D eigenvalue weighted by Gasteiger charge is 2.14. The van der Waals surface area contributed by atoms with Crippen molar-refractivity contribution < 1.29 is 9.59 Å². The van der Waals surface area contributed by atoms with Crippen LogP contribution < -0.4 is 16.8 Å². The molecule has 0 atom stereocenters. The van der Waals surface area contributed by atoms with Gasteiger partial charge in [0.15, 0.2) is 5.69 Å². The number of aromatic nitrogens is 2. The van der Waals surface area contributed by atoms with Crippen LogP contribution >= 0.6 is 0 Å². The summed E-state index contributed by atoms with van der Waals surface area (Å²) < 4.78 is 0. The first kappa shape index (κ1) is 10.0. The van der Waals surface area contributed by atoms with Crippen LogP contribution in [0.3, 0.4) is 0 Å². The molecular formula is C7H11N5O2. The van der Waals surface area contributed by atoms with E-state index in [1.165, 1.54) is 0 Å². The van der Waals surface area contributed by atoms with Gasteiger partial charge in [-0.2, -0.15) is 5.10 Å². The third-order valence-corrected chi connectivity index (χ3v) is 1.63. The topological polar surface area (TPSA) is 127 Å². The maximum absolute atomic E-state index is 11.3. The number of carbonyl (C=O) groups is 2. The van der Waals surface area contributed by atoms with Gasteiger partial charge in [-0.25, -0.2) is 0 Å². The number of hydrogen-bond donors (Lipinski definition) is 4. The minimum absolute atomic E-state index is 0.0729. The number of nitrogens with two attached hydrogens (primary N) is 2. The first-order chi connectivity index (χ1) is 6.52. The summed E-state index contributed by atoms with van der Waals surface area (Å²) in [5.74, 6) is -1.14. The van der Waals surface area contributed by atoms with Gasteiger partial charge in [0.05, 0.1) is 17.9 Å². The number of aryl methyl sites for hydroxylation is 1. The third kappa shape index (κ3) is 2.00. The first-order valence-electron chi connectivity index (χ1n) is 3.89. The number of rotatable bonds is 3. The molecule has 0 spiro atoms. The highest BCUT2D eigenvalue weighted by Crippen LogP contribution is 2.11. The summed E-state index contributed by atoms with van der Waals surface area (Å²) in [6, 6.07) is 0. The number of aromatic amines is 1. The van der Waals surface area contributed by atoms with Crippen molar-refractivity contribution in [3.05, 3.63) is 11.4 Å². The van der Waals surface area contributed by atoms with E-state index in [0.717, 1.165) is 0 Å². The average Bonchev–Trinajstić information content (AvgIpc) is 2.44. The van der Waals surface area contributed by atoms with E-state index >= 15 is 0 Å². The van der Waals surface area contributed by atoms with Crippen molar-refractivity contribution >= 4 is 17.5 Å². The molecule has 0 radical (unpaired) electrons. The Morgan fingerprint density at radius 1 is 1.57 bits per heavy atom. The van der Waals surface area contributed by atoms with E-state index in [9.17, 15) is 9.59 Å². The Kier molecular flexibility index (Phi) is 2.70. The van der Waals surface area contributed by atoms with Crippen LogP contribution in [0.2, 0.25) is 0 Å². The zero-order valence-electron chi connectivity index (χ0n) is 7.63. The largest absolute Gasteiger partial charge is 0.395 e. The van der Waals surface area contributed by atoms with E-state index in [4.69, 9.17) is 11.5 Å². The van der Waals surface area contributed by atoms with Crippen molar-refractivity contribution in [2.75, 3.05) is 12.3 Å². The van der Waals surface area contributed by atoms with Crippen LogP contribution in [0.25, 0.3) is 0 Å². The van der Waals surface area contributed by atoms with Crippen LogP contribution in [-0.4, -0.2) is 28.6 Å². The van der Waals surface area contributed by atoms with Gasteiger partial charge in [0, 0.05) is 0 Å². The van der Waals surface area contributed by atoms with Gasteiger partial charge in [0.25, 0.3) is 5.91 Å². The minimum atomic E-state index is -0.621. The molecule has 6 N–H and O–H groups in total. The number of amides is 2. The van der Waals surface area contributed by atoms with Gasteiger partial charge in [-0.05, 0) is 6.92 Å². The lowest BCUT2D eigenvalue weighted by atomic mass is 10.3. The predicted octanol–water partition coefficient (Wildman–Crippen LogP) is -1.48.